The Balaban J connectivity index is 1.27. The first-order chi connectivity index (χ1) is 13.8. The third-order valence-corrected chi connectivity index (χ3v) is 6.61. The molecule has 0 saturated heterocycles. The van der Waals surface area contributed by atoms with Crippen LogP contribution in [0.1, 0.15) is 41.2 Å². The molecule has 2 aliphatic heterocycles. The van der Waals surface area contributed by atoms with Crippen LogP contribution < -0.4 is 0 Å². The van der Waals surface area contributed by atoms with Crippen LogP contribution in [-0.2, 0) is 19.5 Å². The van der Waals surface area contributed by atoms with E-state index in [0.717, 1.165) is 50.6 Å². The number of hydrogen-bond donors (Lipinski definition) is 0. The zero-order valence-corrected chi connectivity index (χ0v) is 16.8. The number of fused-ring (bicyclic) bond motifs is 1. The predicted molar refractivity (Wildman–Crippen MR) is 115 cm³/mol. The van der Waals surface area contributed by atoms with E-state index in [1.165, 1.54) is 39.4 Å². The van der Waals surface area contributed by atoms with E-state index in [4.69, 9.17) is 4.98 Å². The third kappa shape index (κ3) is 3.77. The SMILES string of the molecule is c1ccc(-c2ccc(CN3CCc4nc(C5=NCCCC5)ncc4C3)s2)cc1. The zero-order valence-electron chi connectivity index (χ0n) is 16.0. The van der Waals surface area contributed by atoms with Crippen LogP contribution in [0.4, 0.5) is 0 Å². The van der Waals surface area contributed by atoms with E-state index in [-0.39, 0.29) is 0 Å². The minimum absolute atomic E-state index is 0.859. The number of rotatable bonds is 4. The van der Waals surface area contributed by atoms with E-state index >= 15 is 0 Å². The van der Waals surface area contributed by atoms with Gasteiger partial charge in [0.05, 0.1) is 11.4 Å². The standard InChI is InChI=1S/C23H24N4S/c1-2-6-17(7-3-1)22-10-9-19(28-22)16-27-13-11-20-18(15-27)14-25-23(26-20)21-8-4-5-12-24-21/h1-3,6-7,9-10,14H,4-5,8,11-13,15-16H2. The first kappa shape index (κ1) is 17.7. The van der Waals surface area contributed by atoms with Crippen molar-refractivity contribution in [3.8, 4) is 10.4 Å². The zero-order chi connectivity index (χ0) is 18.8. The molecule has 0 saturated carbocycles. The first-order valence-corrected chi connectivity index (χ1v) is 10.9. The number of nitrogens with zero attached hydrogens (tertiary/aromatic N) is 4. The molecule has 5 heteroatoms. The summed E-state index contributed by atoms with van der Waals surface area (Å²) in [5.74, 6) is 0.859. The summed E-state index contributed by atoms with van der Waals surface area (Å²) in [5.41, 5.74) is 4.88. The Morgan fingerprint density at radius 3 is 2.79 bits per heavy atom. The molecular formula is C23H24N4S. The van der Waals surface area contributed by atoms with Crippen LogP contribution in [0.3, 0.4) is 0 Å². The second-order valence-electron chi connectivity index (χ2n) is 7.54. The molecule has 0 spiro atoms. The summed E-state index contributed by atoms with van der Waals surface area (Å²) in [6.45, 7) is 3.90. The molecule has 0 radical (unpaired) electrons. The van der Waals surface area contributed by atoms with Gasteiger partial charge in [-0.2, -0.15) is 0 Å². The number of hydrogen-bond acceptors (Lipinski definition) is 5. The van der Waals surface area contributed by atoms with Crippen LogP contribution in [0.5, 0.6) is 0 Å². The largest absolute Gasteiger partial charge is 0.293 e. The predicted octanol–water partition coefficient (Wildman–Crippen LogP) is 4.74. The normalized spacial score (nSPS) is 17.2. The average molecular weight is 389 g/mol. The van der Waals surface area contributed by atoms with E-state index in [1.54, 1.807) is 0 Å². The second kappa shape index (κ2) is 7.94. The maximum absolute atomic E-state index is 4.86. The lowest BCUT2D eigenvalue weighted by Gasteiger charge is -2.27. The monoisotopic (exact) mass is 388 g/mol. The molecule has 28 heavy (non-hydrogen) atoms. The lowest BCUT2D eigenvalue weighted by Crippen LogP contribution is -2.31. The fraction of sp³-hybridized carbons (Fsp3) is 0.348. The minimum atomic E-state index is 0.859. The molecule has 0 amide bonds. The van der Waals surface area contributed by atoms with Crippen LogP contribution >= 0.6 is 11.3 Å². The Bertz CT molecular complexity index is 993. The molecule has 4 nitrogen and oxygen atoms in total. The highest BCUT2D eigenvalue weighted by Crippen LogP contribution is 2.29. The second-order valence-corrected chi connectivity index (χ2v) is 8.71. The van der Waals surface area contributed by atoms with Crippen molar-refractivity contribution in [2.24, 2.45) is 4.99 Å². The topological polar surface area (TPSA) is 41.4 Å². The summed E-state index contributed by atoms with van der Waals surface area (Å²) < 4.78 is 0. The number of benzene rings is 1. The quantitative estimate of drug-likeness (QED) is 0.648. The maximum atomic E-state index is 4.86. The molecule has 0 atom stereocenters. The molecule has 0 N–H and O–H groups in total. The molecule has 0 fully saturated rings. The smallest absolute Gasteiger partial charge is 0.173 e. The van der Waals surface area contributed by atoms with Gasteiger partial charge in [0.1, 0.15) is 0 Å². The van der Waals surface area contributed by atoms with E-state index in [9.17, 15) is 0 Å². The molecule has 2 aliphatic rings. The summed E-state index contributed by atoms with van der Waals surface area (Å²) in [5, 5.41) is 0. The lowest BCUT2D eigenvalue weighted by atomic mass is 10.1. The highest BCUT2D eigenvalue weighted by Gasteiger charge is 2.20. The Morgan fingerprint density at radius 2 is 1.93 bits per heavy atom. The van der Waals surface area contributed by atoms with E-state index in [2.05, 4.69) is 57.3 Å². The van der Waals surface area contributed by atoms with Gasteiger partial charge in [-0.3, -0.25) is 9.89 Å². The maximum Gasteiger partial charge on any atom is 0.173 e. The van der Waals surface area contributed by atoms with Gasteiger partial charge < -0.3 is 0 Å². The van der Waals surface area contributed by atoms with Crippen molar-refractivity contribution >= 4 is 17.0 Å². The van der Waals surface area contributed by atoms with Crippen LogP contribution in [0.2, 0.25) is 0 Å². The highest BCUT2D eigenvalue weighted by atomic mass is 32.1. The van der Waals surface area contributed by atoms with Gasteiger partial charge in [-0.25, -0.2) is 9.97 Å². The first-order valence-electron chi connectivity index (χ1n) is 10.1. The molecule has 3 aromatic rings. The van der Waals surface area contributed by atoms with Crippen molar-refractivity contribution in [1.29, 1.82) is 0 Å². The van der Waals surface area contributed by atoms with Crippen molar-refractivity contribution in [2.75, 3.05) is 13.1 Å². The van der Waals surface area contributed by atoms with Crippen molar-refractivity contribution < 1.29 is 0 Å². The van der Waals surface area contributed by atoms with Crippen LogP contribution in [0.25, 0.3) is 10.4 Å². The van der Waals surface area contributed by atoms with Crippen LogP contribution in [-0.4, -0.2) is 33.7 Å². The summed E-state index contributed by atoms with van der Waals surface area (Å²) in [4.78, 5) is 19.4. The summed E-state index contributed by atoms with van der Waals surface area (Å²) in [6, 6.07) is 15.1. The number of aliphatic imine (C=N–C) groups is 1. The number of aromatic nitrogens is 2. The van der Waals surface area contributed by atoms with Crippen LogP contribution in [0, 0.1) is 0 Å². The fourth-order valence-electron chi connectivity index (χ4n) is 3.97. The van der Waals surface area contributed by atoms with Crippen molar-refractivity contribution in [1.82, 2.24) is 14.9 Å². The third-order valence-electron chi connectivity index (χ3n) is 5.49. The van der Waals surface area contributed by atoms with Crippen molar-refractivity contribution in [3.05, 3.63) is 70.6 Å². The Hall–Kier alpha value is -2.37. The summed E-state index contributed by atoms with van der Waals surface area (Å²) in [7, 11) is 0. The van der Waals surface area contributed by atoms with Gasteiger partial charge in [-0.15, -0.1) is 11.3 Å². The Kier molecular flexibility index (Phi) is 5.02. The van der Waals surface area contributed by atoms with Crippen LogP contribution in [0.15, 0.2) is 53.7 Å². The van der Waals surface area contributed by atoms with Crippen molar-refractivity contribution in [2.45, 2.75) is 38.8 Å². The molecule has 5 rings (SSSR count). The average Bonchev–Trinajstić information content (AvgIpc) is 3.23. The van der Waals surface area contributed by atoms with Gasteiger partial charge in [0.2, 0.25) is 0 Å². The van der Waals surface area contributed by atoms with Crippen molar-refractivity contribution in [3.63, 3.8) is 0 Å². The molecule has 1 aromatic carbocycles. The van der Waals surface area contributed by atoms with Gasteiger partial charge in [0.25, 0.3) is 0 Å². The number of thiophene rings is 1. The summed E-state index contributed by atoms with van der Waals surface area (Å²) >= 11 is 1.89. The van der Waals surface area contributed by atoms with E-state index < -0.39 is 0 Å². The minimum Gasteiger partial charge on any atom is -0.293 e. The van der Waals surface area contributed by atoms with Gasteiger partial charge in [0, 0.05) is 54.1 Å². The molecular weight excluding hydrogens is 364 g/mol. The van der Waals surface area contributed by atoms with E-state index in [1.807, 2.05) is 17.5 Å². The van der Waals surface area contributed by atoms with Gasteiger partial charge in [0.15, 0.2) is 5.82 Å². The highest BCUT2D eigenvalue weighted by molar-refractivity contribution is 7.15. The molecule has 4 heterocycles. The lowest BCUT2D eigenvalue weighted by molar-refractivity contribution is 0.245. The van der Waals surface area contributed by atoms with E-state index in [0.29, 0.717) is 0 Å². The summed E-state index contributed by atoms with van der Waals surface area (Å²) in [6.07, 6.45) is 6.45. The molecule has 0 aliphatic carbocycles. The van der Waals surface area contributed by atoms with Gasteiger partial charge in [-0.1, -0.05) is 30.3 Å². The van der Waals surface area contributed by atoms with Gasteiger partial charge >= 0.3 is 0 Å². The molecule has 142 valence electrons. The van der Waals surface area contributed by atoms with Gasteiger partial charge in [-0.05, 0) is 37.0 Å². The Labute approximate surface area is 170 Å². The fourth-order valence-corrected chi connectivity index (χ4v) is 5.02. The molecule has 0 unspecified atom stereocenters. The Morgan fingerprint density at radius 1 is 1.00 bits per heavy atom. The molecule has 0 bridgehead atoms. The molecule has 2 aromatic heterocycles.